The molecule has 1 aliphatic rings. The van der Waals surface area contributed by atoms with Gasteiger partial charge in [-0.3, -0.25) is 10.3 Å². The number of hydrogen-bond donors (Lipinski definition) is 1. The number of ether oxygens (including phenoxy) is 2. The van der Waals surface area contributed by atoms with Gasteiger partial charge in [0.25, 0.3) is 0 Å². The summed E-state index contributed by atoms with van der Waals surface area (Å²) < 4.78 is 25.6. The molecule has 1 atom stereocenters. The molecule has 0 aliphatic carbocycles. The van der Waals surface area contributed by atoms with Gasteiger partial charge in [0.05, 0.1) is 6.61 Å². The summed E-state index contributed by atoms with van der Waals surface area (Å²) in [5.41, 5.74) is -1.13. The summed E-state index contributed by atoms with van der Waals surface area (Å²) in [5.74, 6) is -0.0612. The third-order valence-electron chi connectivity index (χ3n) is 3.16. The molecule has 1 aromatic carbocycles. The van der Waals surface area contributed by atoms with Crippen LogP contribution in [0, 0.1) is 5.82 Å². The quantitative estimate of drug-likeness (QED) is 0.799. The third kappa shape index (κ3) is 4.75. The second-order valence-corrected chi connectivity index (χ2v) is 7.49. The maximum absolute atomic E-state index is 14.2. The highest BCUT2D eigenvalue weighted by atomic mass is 79.9. The Labute approximate surface area is 143 Å². The normalized spacial score (nSPS) is 21.6. The fourth-order valence-electron chi connectivity index (χ4n) is 2.24. The zero-order valence-corrected chi connectivity index (χ0v) is 15.2. The van der Waals surface area contributed by atoms with Crippen LogP contribution in [0.3, 0.4) is 0 Å². The van der Waals surface area contributed by atoms with Gasteiger partial charge in [0.1, 0.15) is 29.4 Å². The predicted molar refractivity (Wildman–Crippen MR) is 89.1 cm³/mol. The van der Waals surface area contributed by atoms with Crippen LogP contribution in [0.25, 0.3) is 0 Å². The number of alkyl carbamates (subject to hydrolysis) is 1. The number of nitrogens with one attached hydrogen (secondary N) is 1. The first-order chi connectivity index (χ1) is 10.6. The van der Waals surface area contributed by atoms with E-state index in [2.05, 4.69) is 26.2 Å². The predicted octanol–water partition coefficient (Wildman–Crippen LogP) is 3.76. The largest absolute Gasteiger partial charge is 0.444 e. The van der Waals surface area contributed by atoms with E-state index in [9.17, 15) is 9.18 Å². The van der Waals surface area contributed by atoms with Gasteiger partial charge in [-0.05, 0) is 45.9 Å². The van der Waals surface area contributed by atoms with Gasteiger partial charge in [0.15, 0.2) is 0 Å². The zero-order chi connectivity index (χ0) is 17.3. The minimum atomic E-state index is -0.920. The summed E-state index contributed by atoms with van der Waals surface area (Å²) in [6.45, 7) is 7.43. The lowest BCUT2D eigenvalue weighted by molar-refractivity contribution is 0.0543. The van der Waals surface area contributed by atoms with Crippen LogP contribution in [0.1, 0.15) is 33.3 Å². The molecular weight excluding hydrogens is 367 g/mol. The summed E-state index contributed by atoms with van der Waals surface area (Å²) in [5, 5.41) is 2.56. The average Bonchev–Trinajstić information content (AvgIpc) is 2.39. The van der Waals surface area contributed by atoms with Crippen molar-refractivity contribution in [1.82, 2.24) is 5.32 Å². The SMILES string of the molecule is CC(C)(C)OC(=O)NC1=N[C@@](C)(c2cc(Br)ccc2F)COC1. The van der Waals surface area contributed by atoms with Crippen molar-refractivity contribution in [2.75, 3.05) is 13.2 Å². The Kier molecular flexibility index (Phi) is 5.10. The zero-order valence-electron chi connectivity index (χ0n) is 13.6. The van der Waals surface area contributed by atoms with E-state index in [1.807, 2.05) is 0 Å². The van der Waals surface area contributed by atoms with Crippen LogP contribution in [0.2, 0.25) is 0 Å². The van der Waals surface area contributed by atoms with E-state index in [-0.39, 0.29) is 19.0 Å². The van der Waals surface area contributed by atoms with Crippen LogP contribution in [-0.4, -0.2) is 30.7 Å². The highest BCUT2D eigenvalue weighted by Gasteiger charge is 2.34. The first-order valence-electron chi connectivity index (χ1n) is 7.21. The lowest BCUT2D eigenvalue weighted by Gasteiger charge is -2.31. The van der Waals surface area contributed by atoms with Crippen LogP contribution >= 0.6 is 15.9 Å². The van der Waals surface area contributed by atoms with Gasteiger partial charge in [0, 0.05) is 10.0 Å². The first kappa shape index (κ1) is 17.9. The number of carbonyl (C=O) groups excluding carboxylic acids is 1. The molecule has 7 heteroatoms. The first-order valence-corrected chi connectivity index (χ1v) is 8.00. The van der Waals surface area contributed by atoms with Crippen LogP contribution in [0.5, 0.6) is 0 Å². The number of nitrogens with zero attached hydrogens (tertiary/aromatic N) is 1. The van der Waals surface area contributed by atoms with E-state index in [4.69, 9.17) is 9.47 Å². The molecule has 1 aliphatic heterocycles. The monoisotopic (exact) mass is 386 g/mol. The number of benzene rings is 1. The topological polar surface area (TPSA) is 59.9 Å². The summed E-state index contributed by atoms with van der Waals surface area (Å²) in [7, 11) is 0. The van der Waals surface area contributed by atoms with Crippen molar-refractivity contribution in [2.45, 2.75) is 38.8 Å². The van der Waals surface area contributed by atoms with Crippen LogP contribution in [0.4, 0.5) is 9.18 Å². The number of amides is 1. The van der Waals surface area contributed by atoms with Gasteiger partial charge in [0.2, 0.25) is 0 Å². The second kappa shape index (κ2) is 6.57. The third-order valence-corrected chi connectivity index (χ3v) is 3.65. The molecule has 0 spiro atoms. The summed E-state index contributed by atoms with van der Waals surface area (Å²) in [6, 6.07) is 4.66. The highest BCUT2D eigenvalue weighted by Crippen LogP contribution is 2.32. The minimum absolute atomic E-state index is 0.143. The maximum atomic E-state index is 14.2. The summed E-state index contributed by atoms with van der Waals surface area (Å²) in [4.78, 5) is 16.3. The molecule has 0 bridgehead atoms. The molecule has 1 aromatic rings. The Morgan fingerprint density at radius 3 is 2.83 bits per heavy atom. The standard InChI is InChI=1S/C16H20BrFN2O3/c1-15(2,3)23-14(21)19-13-8-22-9-16(4,20-13)11-7-10(17)5-6-12(11)18/h5-7H,8-9H2,1-4H3,(H,19,20,21)/t16-/m1/s1. The van der Waals surface area contributed by atoms with E-state index in [0.29, 0.717) is 11.4 Å². The van der Waals surface area contributed by atoms with Crippen molar-refractivity contribution in [3.05, 3.63) is 34.1 Å². The van der Waals surface area contributed by atoms with Gasteiger partial charge in [-0.1, -0.05) is 15.9 Å². The molecule has 126 valence electrons. The molecule has 0 unspecified atom stereocenters. The Morgan fingerprint density at radius 2 is 2.17 bits per heavy atom. The van der Waals surface area contributed by atoms with E-state index in [1.54, 1.807) is 39.8 Å². The molecule has 23 heavy (non-hydrogen) atoms. The Morgan fingerprint density at radius 1 is 1.48 bits per heavy atom. The Bertz CT molecular complexity index is 643. The van der Waals surface area contributed by atoms with Crippen LogP contribution < -0.4 is 5.32 Å². The highest BCUT2D eigenvalue weighted by molar-refractivity contribution is 9.10. The molecule has 0 aromatic heterocycles. The van der Waals surface area contributed by atoms with Crippen molar-refractivity contribution in [3.63, 3.8) is 0 Å². The van der Waals surface area contributed by atoms with Crippen LogP contribution in [-0.2, 0) is 15.0 Å². The van der Waals surface area contributed by atoms with E-state index >= 15 is 0 Å². The van der Waals surface area contributed by atoms with E-state index < -0.39 is 17.2 Å². The minimum Gasteiger partial charge on any atom is -0.444 e. The molecule has 1 N–H and O–H groups in total. The maximum Gasteiger partial charge on any atom is 0.413 e. The smallest absolute Gasteiger partial charge is 0.413 e. The van der Waals surface area contributed by atoms with E-state index in [1.165, 1.54) is 6.07 Å². The molecule has 0 saturated carbocycles. The van der Waals surface area contributed by atoms with E-state index in [0.717, 1.165) is 4.47 Å². The molecule has 2 rings (SSSR count). The lowest BCUT2D eigenvalue weighted by atomic mass is 9.92. The molecule has 0 radical (unpaired) electrons. The van der Waals surface area contributed by atoms with Crippen molar-refractivity contribution < 1.29 is 18.7 Å². The molecular formula is C16H20BrFN2O3. The number of amidine groups is 1. The number of halogens is 2. The summed E-state index contributed by atoms with van der Waals surface area (Å²) >= 11 is 3.33. The number of aliphatic imine (C=N–C) groups is 1. The molecule has 1 amide bonds. The fraction of sp³-hybridized carbons (Fsp3) is 0.500. The Hall–Kier alpha value is -1.47. The fourth-order valence-corrected chi connectivity index (χ4v) is 2.60. The molecule has 0 fully saturated rings. The number of rotatable bonds is 1. The Balaban J connectivity index is 2.23. The van der Waals surface area contributed by atoms with Crippen LogP contribution in [0.15, 0.2) is 27.7 Å². The second-order valence-electron chi connectivity index (χ2n) is 6.58. The van der Waals surface area contributed by atoms with Gasteiger partial charge >= 0.3 is 6.09 Å². The summed E-state index contributed by atoms with van der Waals surface area (Å²) in [6.07, 6.45) is -0.612. The van der Waals surface area contributed by atoms with Crippen molar-refractivity contribution in [3.8, 4) is 0 Å². The molecule has 0 saturated heterocycles. The average molecular weight is 387 g/mol. The lowest BCUT2D eigenvalue weighted by Crippen LogP contribution is -2.44. The van der Waals surface area contributed by atoms with Crippen molar-refractivity contribution >= 4 is 27.9 Å². The molecule has 1 heterocycles. The van der Waals surface area contributed by atoms with Gasteiger partial charge in [-0.25, -0.2) is 9.18 Å². The molecule has 5 nitrogen and oxygen atoms in total. The van der Waals surface area contributed by atoms with Crippen molar-refractivity contribution in [1.29, 1.82) is 0 Å². The van der Waals surface area contributed by atoms with Gasteiger partial charge in [-0.15, -0.1) is 0 Å². The number of hydrogen-bond acceptors (Lipinski definition) is 4. The van der Waals surface area contributed by atoms with Gasteiger partial charge < -0.3 is 9.47 Å². The van der Waals surface area contributed by atoms with Crippen molar-refractivity contribution in [2.24, 2.45) is 4.99 Å². The number of carbonyl (C=O) groups is 1. The van der Waals surface area contributed by atoms with Gasteiger partial charge in [-0.2, -0.15) is 0 Å².